The molecular weight excluding hydrogens is 232 g/mol. The highest BCUT2D eigenvalue weighted by Crippen LogP contribution is 2.24. The standard InChI is InChI=1S/C7H8N6S2/c1-14-7-11-4(8)2-5(12-7)15-6-9-3-10-13-6/h2-3H,1H3,(H2,8,11,12)(H,9,10,13). The van der Waals surface area contributed by atoms with Gasteiger partial charge in [-0.1, -0.05) is 11.8 Å². The Morgan fingerprint density at radius 3 is 2.93 bits per heavy atom. The van der Waals surface area contributed by atoms with Gasteiger partial charge in [0.25, 0.3) is 0 Å². The number of aromatic nitrogens is 5. The minimum Gasteiger partial charge on any atom is -0.384 e. The van der Waals surface area contributed by atoms with Crippen molar-refractivity contribution in [1.82, 2.24) is 25.1 Å². The summed E-state index contributed by atoms with van der Waals surface area (Å²) in [5.41, 5.74) is 5.64. The largest absolute Gasteiger partial charge is 0.384 e. The molecule has 6 nitrogen and oxygen atoms in total. The fourth-order valence-corrected chi connectivity index (χ4v) is 2.06. The second kappa shape index (κ2) is 4.49. The Kier molecular flexibility index (Phi) is 3.07. The Labute approximate surface area is 94.5 Å². The number of aromatic amines is 1. The SMILES string of the molecule is CSc1nc(N)cc(Sc2ncn[nH]2)n1. The van der Waals surface area contributed by atoms with Crippen molar-refractivity contribution < 1.29 is 0 Å². The second-order valence-corrected chi connectivity index (χ2v) is 4.29. The second-order valence-electron chi connectivity index (χ2n) is 2.51. The Morgan fingerprint density at radius 2 is 2.27 bits per heavy atom. The van der Waals surface area contributed by atoms with Gasteiger partial charge in [-0.2, -0.15) is 5.10 Å². The van der Waals surface area contributed by atoms with E-state index in [9.17, 15) is 0 Å². The van der Waals surface area contributed by atoms with Crippen molar-refractivity contribution in [2.75, 3.05) is 12.0 Å². The van der Waals surface area contributed by atoms with Crippen LogP contribution in [0, 0.1) is 0 Å². The number of nitrogens with one attached hydrogen (secondary N) is 1. The van der Waals surface area contributed by atoms with Crippen molar-refractivity contribution in [1.29, 1.82) is 0 Å². The molecule has 0 amide bonds. The Morgan fingerprint density at radius 1 is 1.40 bits per heavy atom. The molecule has 0 fully saturated rings. The first-order valence-corrected chi connectivity index (χ1v) is 6.04. The summed E-state index contributed by atoms with van der Waals surface area (Å²) in [6.45, 7) is 0. The summed E-state index contributed by atoms with van der Waals surface area (Å²) in [7, 11) is 0. The number of thioether (sulfide) groups is 1. The lowest BCUT2D eigenvalue weighted by Crippen LogP contribution is -1.95. The number of nitrogens with two attached hydrogens (primary N) is 1. The summed E-state index contributed by atoms with van der Waals surface area (Å²) in [4.78, 5) is 12.3. The van der Waals surface area contributed by atoms with Crippen LogP contribution >= 0.6 is 23.5 Å². The van der Waals surface area contributed by atoms with Crippen molar-refractivity contribution in [2.24, 2.45) is 0 Å². The molecule has 2 heterocycles. The van der Waals surface area contributed by atoms with E-state index in [1.54, 1.807) is 6.07 Å². The number of rotatable bonds is 3. The molecule has 0 atom stereocenters. The molecule has 0 saturated carbocycles. The average molecular weight is 240 g/mol. The van der Waals surface area contributed by atoms with Crippen molar-refractivity contribution in [2.45, 2.75) is 15.3 Å². The zero-order valence-electron chi connectivity index (χ0n) is 7.84. The summed E-state index contributed by atoms with van der Waals surface area (Å²) in [5.74, 6) is 0.455. The molecule has 15 heavy (non-hydrogen) atoms. The first kappa shape index (κ1) is 10.2. The Hall–Kier alpha value is -1.28. The molecule has 2 aromatic heterocycles. The first-order chi connectivity index (χ1) is 7.28. The van der Waals surface area contributed by atoms with E-state index in [-0.39, 0.29) is 0 Å². The van der Waals surface area contributed by atoms with Gasteiger partial charge in [-0.15, -0.1) is 0 Å². The maximum Gasteiger partial charge on any atom is 0.190 e. The first-order valence-electron chi connectivity index (χ1n) is 3.99. The van der Waals surface area contributed by atoms with Gasteiger partial charge in [0.15, 0.2) is 10.3 Å². The highest BCUT2D eigenvalue weighted by molar-refractivity contribution is 7.99. The van der Waals surface area contributed by atoms with Gasteiger partial charge in [-0.3, -0.25) is 5.10 Å². The maximum atomic E-state index is 5.64. The van der Waals surface area contributed by atoms with Gasteiger partial charge in [0.2, 0.25) is 0 Å². The number of hydrogen-bond donors (Lipinski definition) is 2. The van der Waals surface area contributed by atoms with Gasteiger partial charge in [-0.05, 0) is 18.0 Å². The van der Waals surface area contributed by atoms with E-state index in [0.29, 0.717) is 16.1 Å². The topological polar surface area (TPSA) is 93.4 Å². The van der Waals surface area contributed by atoms with Crippen LogP contribution in [0.5, 0.6) is 0 Å². The van der Waals surface area contributed by atoms with Crippen LogP contribution in [0.3, 0.4) is 0 Å². The highest BCUT2D eigenvalue weighted by atomic mass is 32.2. The Bertz CT molecular complexity index is 443. The van der Waals surface area contributed by atoms with Gasteiger partial charge in [-0.25, -0.2) is 15.0 Å². The van der Waals surface area contributed by atoms with Crippen LogP contribution in [0.1, 0.15) is 0 Å². The summed E-state index contributed by atoms with van der Waals surface area (Å²) in [6, 6.07) is 1.70. The number of H-pyrrole nitrogens is 1. The lowest BCUT2D eigenvalue weighted by molar-refractivity contribution is 0.894. The molecule has 0 radical (unpaired) electrons. The molecule has 0 bridgehead atoms. The lowest BCUT2D eigenvalue weighted by atomic mass is 10.6. The fraction of sp³-hybridized carbons (Fsp3) is 0.143. The molecule has 0 aliphatic rings. The van der Waals surface area contributed by atoms with E-state index in [4.69, 9.17) is 5.73 Å². The van der Waals surface area contributed by atoms with Crippen LogP contribution in [-0.4, -0.2) is 31.4 Å². The fourth-order valence-electron chi connectivity index (χ4n) is 0.907. The number of hydrogen-bond acceptors (Lipinski definition) is 7. The summed E-state index contributed by atoms with van der Waals surface area (Å²) in [5, 5.41) is 8.57. The maximum absolute atomic E-state index is 5.64. The van der Waals surface area contributed by atoms with E-state index >= 15 is 0 Å². The van der Waals surface area contributed by atoms with Crippen LogP contribution in [0.15, 0.2) is 27.7 Å². The predicted molar refractivity (Wildman–Crippen MR) is 58.7 cm³/mol. The highest BCUT2D eigenvalue weighted by Gasteiger charge is 2.05. The van der Waals surface area contributed by atoms with Crippen LogP contribution in [0.2, 0.25) is 0 Å². The number of nitrogens with zero attached hydrogens (tertiary/aromatic N) is 4. The molecule has 0 spiro atoms. The molecule has 78 valence electrons. The molecule has 0 aliphatic carbocycles. The lowest BCUT2D eigenvalue weighted by Gasteiger charge is -2.01. The van der Waals surface area contributed by atoms with Crippen molar-refractivity contribution in [3.05, 3.63) is 12.4 Å². The molecule has 0 unspecified atom stereocenters. The van der Waals surface area contributed by atoms with Crippen molar-refractivity contribution in [3.63, 3.8) is 0 Å². The summed E-state index contributed by atoms with van der Waals surface area (Å²) < 4.78 is 0. The van der Waals surface area contributed by atoms with E-state index < -0.39 is 0 Å². The molecule has 0 aromatic carbocycles. The Balaban J connectivity index is 2.24. The van der Waals surface area contributed by atoms with Gasteiger partial charge in [0.1, 0.15) is 17.2 Å². The van der Waals surface area contributed by atoms with Gasteiger partial charge < -0.3 is 5.73 Å². The normalized spacial score (nSPS) is 10.5. The molecular formula is C7H8N6S2. The predicted octanol–water partition coefficient (Wildman–Crippen LogP) is 1.05. The van der Waals surface area contributed by atoms with Gasteiger partial charge >= 0.3 is 0 Å². The third-order valence-electron chi connectivity index (χ3n) is 1.48. The van der Waals surface area contributed by atoms with Gasteiger partial charge in [0, 0.05) is 6.07 Å². The molecule has 2 aromatic rings. The van der Waals surface area contributed by atoms with Crippen LogP contribution in [-0.2, 0) is 0 Å². The zero-order valence-corrected chi connectivity index (χ0v) is 9.47. The van der Waals surface area contributed by atoms with Gasteiger partial charge in [0.05, 0.1) is 0 Å². The third-order valence-corrected chi connectivity index (χ3v) is 2.83. The van der Waals surface area contributed by atoms with Crippen molar-refractivity contribution >= 4 is 29.3 Å². The average Bonchev–Trinajstić information content (AvgIpc) is 2.69. The minimum atomic E-state index is 0.455. The number of nitrogen functional groups attached to an aromatic ring is 1. The van der Waals surface area contributed by atoms with E-state index in [2.05, 4.69) is 25.1 Å². The van der Waals surface area contributed by atoms with Crippen LogP contribution in [0.25, 0.3) is 0 Å². The van der Waals surface area contributed by atoms with Crippen LogP contribution < -0.4 is 5.73 Å². The monoisotopic (exact) mass is 240 g/mol. The molecule has 0 aliphatic heterocycles. The molecule has 0 saturated heterocycles. The third kappa shape index (κ3) is 2.60. The molecule has 8 heteroatoms. The molecule has 2 rings (SSSR count). The number of anilines is 1. The van der Waals surface area contributed by atoms with E-state index in [1.807, 2.05) is 6.26 Å². The smallest absolute Gasteiger partial charge is 0.190 e. The summed E-state index contributed by atoms with van der Waals surface area (Å²) in [6.07, 6.45) is 3.35. The minimum absolute atomic E-state index is 0.455. The van der Waals surface area contributed by atoms with E-state index in [0.717, 1.165) is 5.03 Å². The van der Waals surface area contributed by atoms with Crippen molar-refractivity contribution in [3.8, 4) is 0 Å². The summed E-state index contributed by atoms with van der Waals surface area (Å²) >= 11 is 2.81. The van der Waals surface area contributed by atoms with E-state index in [1.165, 1.54) is 29.9 Å². The molecule has 3 N–H and O–H groups in total. The zero-order chi connectivity index (χ0) is 10.7. The van der Waals surface area contributed by atoms with Crippen LogP contribution in [0.4, 0.5) is 5.82 Å². The quantitative estimate of drug-likeness (QED) is 0.470.